The van der Waals surface area contributed by atoms with Crippen LogP contribution in [-0.2, 0) is 4.79 Å². The Hall–Kier alpha value is -2.24. The number of hydrogen-bond donors (Lipinski definition) is 1. The van der Waals surface area contributed by atoms with Crippen molar-refractivity contribution in [2.75, 3.05) is 6.54 Å². The third kappa shape index (κ3) is 2.33. The first-order valence-corrected chi connectivity index (χ1v) is 6.10. The number of nitrogens with zero attached hydrogens (tertiary/aromatic N) is 2. The zero-order valence-electron chi connectivity index (χ0n) is 10.5. The molecule has 1 aromatic heterocycles. The van der Waals surface area contributed by atoms with E-state index in [0.29, 0.717) is 12.8 Å². The Bertz CT molecular complexity index is 506. The van der Waals surface area contributed by atoms with E-state index in [1.54, 1.807) is 6.07 Å². The van der Waals surface area contributed by atoms with Gasteiger partial charge < -0.3 is 5.11 Å². The summed E-state index contributed by atoms with van der Waals surface area (Å²) in [6.07, 6.45) is 2.54. The molecule has 19 heavy (non-hydrogen) atoms. The van der Waals surface area contributed by atoms with Crippen molar-refractivity contribution in [2.45, 2.75) is 19.8 Å². The van der Waals surface area contributed by atoms with Gasteiger partial charge in [-0.15, -0.1) is 0 Å². The summed E-state index contributed by atoms with van der Waals surface area (Å²) in [7, 11) is 0. The van der Waals surface area contributed by atoms with E-state index < -0.39 is 23.7 Å². The fraction of sp³-hybridized carbons (Fsp3) is 0.385. The Kier molecular flexibility index (Phi) is 3.59. The van der Waals surface area contributed by atoms with Crippen molar-refractivity contribution in [1.82, 2.24) is 9.88 Å². The molecule has 0 fully saturated rings. The first-order valence-electron chi connectivity index (χ1n) is 6.10. The van der Waals surface area contributed by atoms with Crippen molar-refractivity contribution < 1.29 is 19.5 Å². The standard InChI is InChI=1S/C13H14N2O4/c1-2-4-8(13(18)19)7-15-11(16)9-5-3-6-14-10(9)12(15)17/h3,5-6,8H,2,4,7H2,1H3,(H,18,19). The highest BCUT2D eigenvalue weighted by atomic mass is 16.4. The van der Waals surface area contributed by atoms with Crippen LogP contribution in [0, 0.1) is 5.92 Å². The SMILES string of the molecule is CCCC(CN1C(=O)c2cccnc2C1=O)C(=O)O. The molecule has 1 aliphatic heterocycles. The lowest BCUT2D eigenvalue weighted by Gasteiger charge is -2.18. The molecule has 1 N–H and O–H groups in total. The first kappa shape index (κ1) is 13.2. The molecule has 0 radical (unpaired) electrons. The molecule has 2 amide bonds. The van der Waals surface area contributed by atoms with Crippen molar-refractivity contribution in [1.29, 1.82) is 0 Å². The Balaban J connectivity index is 2.22. The lowest BCUT2D eigenvalue weighted by Crippen LogP contribution is -2.37. The van der Waals surface area contributed by atoms with Crippen LogP contribution in [0.25, 0.3) is 0 Å². The Morgan fingerprint density at radius 1 is 1.42 bits per heavy atom. The van der Waals surface area contributed by atoms with Crippen molar-refractivity contribution in [3.05, 3.63) is 29.6 Å². The number of fused-ring (bicyclic) bond motifs is 1. The molecule has 1 aliphatic rings. The molecule has 100 valence electrons. The molecule has 0 aromatic carbocycles. The van der Waals surface area contributed by atoms with Gasteiger partial charge in [-0.25, -0.2) is 0 Å². The number of aliphatic carboxylic acids is 1. The number of pyridine rings is 1. The maximum absolute atomic E-state index is 12.0. The Labute approximate surface area is 110 Å². The topological polar surface area (TPSA) is 87.6 Å². The van der Waals surface area contributed by atoms with Gasteiger partial charge in [0.15, 0.2) is 0 Å². The number of aromatic nitrogens is 1. The molecule has 0 aliphatic carbocycles. The number of imide groups is 1. The molecule has 1 atom stereocenters. The van der Waals surface area contributed by atoms with Crippen molar-refractivity contribution >= 4 is 17.8 Å². The van der Waals surface area contributed by atoms with Crippen LogP contribution in [0.1, 0.15) is 40.6 Å². The highest BCUT2D eigenvalue weighted by Crippen LogP contribution is 2.22. The second kappa shape index (κ2) is 5.17. The van der Waals surface area contributed by atoms with Crippen LogP contribution in [0.5, 0.6) is 0 Å². The van der Waals surface area contributed by atoms with Gasteiger partial charge in [0.1, 0.15) is 5.69 Å². The molecule has 2 rings (SSSR count). The van der Waals surface area contributed by atoms with Crippen LogP contribution in [0.3, 0.4) is 0 Å². The fourth-order valence-corrected chi connectivity index (χ4v) is 2.14. The second-order valence-corrected chi connectivity index (χ2v) is 4.44. The van der Waals surface area contributed by atoms with Crippen LogP contribution in [0.2, 0.25) is 0 Å². The summed E-state index contributed by atoms with van der Waals surface area (Å²) >= 11 is 0. The van der Waals surface area contributed by atoms with Gasteiger partial charge in [0.25, 0.3) is 11.8 Å². The summed E-state index contributed by atoms with van der Waals surface area (Å²) in [4.78, 5) is 40.0. The maximum atomic E-state index is 12.0. The predicted molar refractivity (Wildman–Crippen MR) is 65.6 cm³/mol. The third-order valence-corrected chi connectivity index (χ3v) is 3.12. The smallest absolute Gasteiger partial charge is 0.308 e. The molecule has 1 aromatic rings. The van der Waals surface area contributed by atoms with E-state index in [-0.39, 0.29) is 17.8 Å². The number of rotatable bonds is 5. The van der Waals surface area contributed by atoms with E-state index in [4.69, 9.17) is 5.11 Å². The van der Waals surface area contributed by atoms with Gasteiger partial charge in [-0.3, -0.25) is 24.3 Å². The zero-order chi connectivity index (χ0) is 14.0. The van der Waals surface area contributed by atoms with Crippen LogP contribution in [0.15, 0.2) is 18.3 Å². The summed E-state index contributed by atoms with van der Waals surface area (Å²) in [5.74, 6) is -2.70. The summed E-state index contributed by atoms with van der Waals surface area (Å²) in [6, 6.07) is 3.10. The lowest BCUT2D eigenvalue weighted by atomic mass is 10.0. The number of hydrogen-bond acceptors (Lipinski definition) is 4. The van der Waals surface area contributed by atoms with Crippen molar-refractivity contribution in [3.63, 3.8) is 0 Å². The van der Waals surface area contributed by atoms with Gasteiger partial charge in [-0.2, -0.15) is 0 Å². The fourth-order valence-electron chi connectivity index (χ4n) is 2.14. The summed E-state index contributed by atoms with van der Waals surface area (Å²) in [5.41, 5.74) is 0.348. The number of amides is 2. The molecule has 0 bridgehead atoms. The van der Waals surface area contributed by atoms with Gasteiger partial charge in [-0.1, -0.05) is 13.3 Å². The quantitative estimate of drug-likeness (QED) is 0.805. The van der Waals surface area contributed by atoms with Gasteiger partial charge in [-0.05, 0) is 18.6 Å². The predicted octanol–water partition coefficient (Wildman–Crippen LogP) is 1.18. The van der Waals surface area contributed by atoms with E-state index in [0.717, 1.165) is 4.90 Å². The lowest BCUT2D eigenvalue weighted by molar-refractivity contribution is -0.142. The molecular weight excluding hydrogens is 248 g/mol. The summed E-state index contributed by atoms with van der Waals surface area (Å²) in [5, 5.41) is 9.09. The number of carbonyl (C=O) groups is 3. The molecule has 6 heteroatoms. The van der Waals surface area contributed by atoms with Crippen LogP contribution in [0.4, 0.5) is 0 Å². The molecule has 2 heterocycles. The third-order valence-electron chi connectivity index (χ3n) is 3.12. The average Bonchev–Trinajstić information content (AvgIpc) is 2.63. The molecule has 0 saturated heterocycles. The molecular formula is C13H14N2O4. The van der Waals surface area contributed by atoms with E-state index in [1.165, 1.54) is 12.3 Å². The number of carbonyl (C=O) groups excluding carboxylic acids is 2. The average molecular weight is 262 g/mol. The first-order chi connectivity index (χ1) is 9.06. The highest BCUT2D eigenvalue weighted by molar-refractivity contribution is 6.20. The normalized spacial score (nSPS) is 15.5. The van der Waals surface area contributed by atoms with Crippen molar-refractivity contribution in [2.24, 2.45) is 5.92 Å². The number of carboxylic acid groups (broad SMARTS) is 1. The monoisotopic (exact) mass is 262 g/mol. The van der Waals surface area contributed by atoms with Gasteiger partial charge in [0.2, 0.25) is 0 Å². The van der Waals surface area contributed by atoms with E-state index >= 15 is 0 Å². The van der Waals surface area contributed by atoms with E-state index in [1.807, 2.05) is 6.92 Å². The minimum atomic E-state index is -0.994. The van der Waals surface area contributed by atoms with Crippen LogP contribution < -0.4 is 0 Å². The van der Waals surface area contributed by atoms with Gasteiger partial charge >= 0.3 is 5.97 Å². The maximum Gasteiger partial charge on any atom is 0.308 e. The van der Waals surface area contributed by atoms with Gasteiger partial charge in [0, 0.05) is 12.7 Å². The molecule has 0 spiro atoms. The van der Waals surface area contributed by atoms with E-state index in [9.17, 15) is 14.4 Å². The Morgan fingerprint density at radius 3 is 2.74 bits per heavy atom. The second-order valence-electron chi connectivity index (χ2n) is 4.44. The highest BCUT2D eigenvalue weighted by Gasteiger charge is 2.38. The largest absolute Gasteiger partial charge is 0.481 e. The minimum Gasteiger partial charge on any atom is -0.481 e. The minimum absolute atomic E-state index is 0.100. The van der Waals surface area contributed by atoms with Crippen molar-refractivity contribution in [3.8, 4) is 0 Å². The summed E-state index contributed by atoms with van der Waals surface area (Å²) < 4.78 is 0. The van der Waals surface area contributed by atoms with Crippen LogP contribution >= 0.6 is 0 Å². The molecule has 1 unspecified atom stereocenters. The zero-order valence-corrected chi connectivity index (χ0v) is 10.5. The summed E-state index contributed by atoms with van der Waals surface area (Å²) in [6.45, 7) is 1.76. The Morgan fingerprint density at radius 2 is 2.16 bits per heavy atom. The number of carboxylic acids is 1. The van der Waals surface area contributed by atoms with Gasteiger partial charge in [0.05, 0.1) is 11.5 Å². The van der Waals surface area contributed by atoms with Crippen LogP contribution in [-0.4, -0.2) is 39.3 Å². The molecule has 0 saturated carbocycles. The van der Waals surface area contributed by atoms with E-state index in [2.05, 4.69) is 4.98 Å². The molecule has 6 nitrogen and oxygen atoms in total.